The Labute approximate surface area is 109 Å². The van der Waals surface area contributed by atoms with Crippen LogP contribution < -0.4 is 10.1 Å². The SMILES string of the molecule is Cc1ccc2c(c1)CCC1(CCNCC1)O2.Cl. The molecule has 17 heavy (non-hydrogen) atoms. The summed E-state index contributed by atoms with van der Waals surface area (Å²) in [6.45, 7) is 4.34. The Morgan fingerprint density at radius 3 is 2.71 bits per heavy atom. The van der Waals surface area contributed by atoms with Gasteiger partial charge >= 0.3 is 0 Å². The van der Waals surface area contributed by atoms with Gasteiger partial charge in [-0.2, -0.15) is 0 Å². The van der Waals surface area contributed by atoms with Gasteiger partial charge in [0.15, 0.2) is 0 Å². The van der Waals surface area contributed by atoms with E-state index in [9.17, 15) is 0 Å². The summed E-state index contributed by atoms with van der Waals surface area (Å²) >= 11 is 0. The summed E-state index contributed by atoms with van der Waals surface area (Å²) < 4.78 is 6.28. The Bertz CT molecular complexity index is 399. The molecule has 1 aromatic carbocycles. The zero-order chi connectivity index (χ0) is 11.0. The van der Waals surface area contributed by atoms with Crippen LogP contribution in [0.3, 0.4) is 0 Å². The van der Waals surface area contributed by atoms with Gasteiger partial charge in [0, 0.05) is 0 Å². The number of halogens is 1. The first-order chi connectivity index (χ1) is 7.77. The maximum Gasteiger partial charge on any atom is 0.123 e. The van der Waals surface area contributed by atoms with Crippen LogP contribution >= 0.6 is 12.4 Å². The van der Waals surface area contributed by atoms with Crippen molar-refractivity contribution in [3.8, 4) is 5.75 Å². The largest absolute Gasteiger partial charge is 0.487 e. The summed E-state index contributed by atoms with van der Waals surface area (Å²) in [5.74, 6) is 1.12. The second-order valence-electron chi connectivity index (χ2n) is 5.15. The van der Waals surface area contributed by atoms with Gasteiger partial charge in [0.25, 0.3) is 0 Å². The monoisotopic (exact) mass is 253 g/mol. The van der Waals surface area contributed by atoms with E-state index >= 15 is 0 Å². The van der Waals surface area contributed by atoms with E-state index in [4.69, 9.17) is 4.74 Å². The van der Waals surface area contributed by atoms with Gasteiger partial charge in [-0.25, -0.2) is 0 Å². The molecular weight excluding hydrogens is 234 g/mol. The molecule has 1 fully saturated rings. The van der Waals surface area contributed by atoms with Gasteiger partial charge in [0.05, 0.1) is 0 Å². The molecule has 2 nitrogen and oxygen atoms in total. The van der Waals surface area contributed by atoms with Crippen LogP contribution in [0.5, 0.6) is 5.75 Å². The van der Waals surface area contributed by atoms with Crippen LogP contribution in [-0.2, 0) is 6.42 Å². The molecule has 0 unspecified atom stereocenters. The quantitative estimate of drug-likeness (QED) is 0.768. The summed E-state index contributed by atoms with van der Waals surface area (Å²) in [5, 5.41) is 3.41. The Kier molecular flexibility index (Phi) is 3.64. The second kappa shape index (κ2) is 4.87. The summed E-state index contributed by atoms with van der Waals surface area (Å²) in [7, 11) is 0. The fourth-order valence-electron chi connectivity index (χ4n) is 2.88. The highest BCUT2D eigenvalue weighted by Crippen LogP contribution is 2.38. The minimum absolute atomic E-state index is 0. The van der Waals surface area contributed by atoms with Crippen molar-refractivity contribution in [3.63, 3.8) is 0 Å². The fourth-order valence-corrected chi connectivity index (χ4v) is 2.88. The zero-order valence-electron chi connectivity index (χ0n) is 10.3. The Balaban J connectivity index is 0.00000108. The molecule has 0 radical (unpaired) electrons. The maximum absolute atomic E-state index is 6.28. The first-order valence-corrected chi connectivity index (χ1v) is 6.27. The first kappa shape index (κ1) is 12.7. The van der Waals surface area contributed by atoms with Crippen molar-refractivity contribution in [2.75, 3.05) is 13.1 Å². The van der Waals surface area contributed by atoms with Gasteiger partial charge in [-0.05, 0) is 57.3 Å². The topological polar surface area (TPSA) is 21.3 Å². The molecule has 2 aliphatic rings. The molecule has 0 saturated carbocycles. The van der Waals surface area contributed by atoms with Gasteiger partial charge in [-0.1, -0.05) is 17.7 Å². The lowest BCUT2D eigenvalue weighted by molar-refractivity contribution is 0.0170. The van der Waals surface area contributed by atoms with Gasteiger partial charge in [0.2, 0.25) is 0 Å². The molecule has 1 N–H and O–H groups in total. The first-order valence-electron chi connectivity index (χ1n) is 6.27. The van der Waals surface area contributed by atoms with E-state index in [0.29, 0.717) is 0 Å². The Hall–Kier alpha value is -0.730. The number of ether oxygens (including phenoxy) is 1. The molecule has 2 aliphatic heterocycles. The van der Waals surface area contributed by atoms with Crippen LogP contribution in [0.25, 0.3) is 0 Å². The number of nitrogens with one attached hydrogen (secondary N) is 1. The zero-order valence-corrected chi connectivity index (χ0v) is 11.1. The van der Waals surface area contributed by atoms with Crippen molar-refractivity contribution in [2.45, 2.75) is 38.2 Å². The molecule has 2 heterocycles. The van der Waals surface area contributed by atoms with Crippen molar-refractivity contribution in [1.29, 1.82) is 0 Å². The predicted octanol–water partition coefficient (Wildman–Crippen LogP) is 2.86. The fraction of sp³-hybridized carbons (Fsp3) is 0.571. The van der Waals surface area contributed by atoms with Gasteiger partial charge in [-0.15, -0.1) is 12.4 Å². The van der Waals surface area contributed by atoms with E-state index in [1.54, 1.807) is 0 Å². The Morgan fingerprint density at radius 2 is 1.94 bits per heavy atom. The molecule has 3 heteroatoms. The van der Waals surface area contributed by atoms with E-state index < -0.39 is 0 Å². The average molecular weight is 254 g/mol. The summed E-state index contributed by atoms with van der Waals surface area (Å²) in [6.07, 6.45) is 4.67. The van der Waals surface area contributed by atoms with E-state index in [-0.39, 0.29) is 18.0 Å². The summed E-state index contributed by atoms with van der Waals surface area (Å²) in [4.78, 5) is 0. The smallest absolute Gasteiger partial charge is 0.123 e. The highest BCUT2D eigenvalue weighted by Gasteiger charge is 2.37. The van der Waals surface area contributed by atoms with Gasteiger partial charge in [0.1, 0.15) is 11.4 Å². The minimum Gasteiger partial charge on any atom is -0.487 e. The van der Waals surface area contributed by atoms with E-state index in [1.165, 1.54) is 24.0 Å². The molecule has 0 bridgehead atoms. The minimum atomic E-state index is 0. The lowest BCUT2D eigenvalue weighted by atomic mass is 9.83. The normalized spacial score (nSPS) is 21.2. The number of hydrogen-bond acceptors (Lipinski definition) is 2. The van der Waals surface area contributed by atoms with Crippen molar-refractivity contribution >= 4 is 12.4 Å². The highest BCUT2D eigenvalue weighted by atomic mass is 35.5. The van der Waals surface area contributed by atoms with Crippen molar-refractivity contribution in [3.05, 3.63) is 29.3 Å². The van der Waals surface area contributed by atoms with Gasteiger partial charge in [-0.3, -0.25) is 0 Å². The molecule has 0 amide bonds. The standard InChI is InChI=1S/C14H19NO.ClH/c1-11-2-3-13-12(10-11)4-5-14(16-13)6-8-15-9-7-14;/h2-3,10,15H,4-9H2,1H3;1H. The van der Waals surface area contributed by atoms with Crippen molar-refractivity contribution in [1.82, 2.24) is 5.32 Å². The number of piperidine rings is 1. The second-order valence-corrected chi connectivity index (χ2v) is 5.15. The molecule has 0 aromatic heterocycles. The number of benzene rings is 1. The van der Waals surface area contributed by atoms with Crippen molar-refractivity contribution < 1.29 is 4.74 Å². The van der Waals surface area contributed by atoms with Crippen LogP contribution in [-0.4, -0.2) is 18.7 Å². The van der Waals surface area contributed by atoms with Crippen LogP contribution in [0.2, 0.25) is 0 Å². The van der Waals surface area contributed by atoms with E-state index in [0.717, 1.165) is 31.7 Å². The third kappa shape index (κ3) is 2.43. The predicted molar refractivity (Wildman–Crippen MR) is 72.2 cm³/mol. The number of fused-ring (bicyclic) bond motifs is 1. The lowest BCUT2D eigenvalue weighted by Gasteiger charge is -2.41. The number of rotatable bonds is 0. The lowest BCUT2D eigenvalue weighted by Crippen LogP contribution is -2.48. The number of hydrogen-bond donors (Lipinski definition) is 1. The van der Waals surface area contributed by atoms with Crippen LogP contribution in [0.1, 0.15) is 30.4 Å². The molecule has 0 atom stereocenters. The number of aryl methyl sites for hydroxylation is 2. The summed E-state index contributed by atoms with van der Waals surface area (Å²) in [6, 6.07) is 6.57. The molecule has 94 valence electrons. The third-order valence-corrected chi connectivity index (χ3v) is 3.91. The van der Waals surface area contributed by atoms with Crippen LogP contribution in [0.15, 0.2) is 18.2 Å². The molecule has 1 aromatic rings. The van der Waals surface area contributed by atoms with Crippen molar-refractivity contribution in [2.24, 2.45) is 0 Å². The van der Waals surface area contributed by atoms with E-state index in [1.807, 2.05) is 0 Å². The molecule has 0 aliphatic carbocycles. The van der Waals surface area contributed by atoms with Crippen LogP contribution in [0.4, 0.5) is 0 Å². The molecular formula is C14H20ClNO. The molecule has 3 rings (SSSR count). The van der Waals surface area contributed by atoms with E-state index in [2.05, 4.69) is 30.4 Å². The average Bonchev–Trinajstić information content (AvgIpc) is 2.31. The summed E-state index contributed by atoms with van der Waals surface area (Å²) in [5.41, 5.74) is 2.86. The maximum atomic E-state index is 6.28. The molecule has 1 spiro atoms. The molecule has 1 saturated heterocycles. The highest BCUT2D eigenvalue weighted by molar-refractivity contribution is 5.85. The Morgan fingerprint density at radius 1 is 1.18 bits per heavy atom. The van der Waals surface area contributed by atoms with Gasteiger partial charge < -0.3 is 10.1 Å². The van der Waals surface area contributed by atoms with Crippen LogP contribution in [0, 0.1) is 6.92 Å². The third-order valence-electron chi connectivity index (χ3n) is 3.91.